The summed E-state index contributed by atoms with van der Waals surface area (Å²) < 4.78 is 5.00. The van der Waals surface area contributed by atoms with Gasteiger partial charge in [-0.05, 0) is 17.7 Å². The summed E-state index contributed by atoms with van der Waals surface area (Å²) >= 11 is 0. The van der Waals surface area contributed by atoms with Crippen LogP contribution in [0.25, 0.3) is 0 Å². The van der Waals surface area contributed by atoms with E-state index < -0.39 is 0 Å². The van der Waals surface area contributed by atoms with E-state index >= 15 is 0 Å². The molecule has 0 unspecified atom stereocenters. The van der Waals surface area contributed by atoms with Crippen molar-refractivity contribution in [2.45, 2.75) is 13.0 Å². The second-order valence-corrected chi connectivity index (χ2v) is 4.41. The van der Waals surface area contributed by atoms with E-state index in [1.165, 1.54) is 0 Å². The zero-order valence-corrected chi connectivity index (χ0v) is 14.7. The molecule has 0 aliphatic carbocycles. The average molecular weight is 413 g/mol. The van der Waals surface area contributed by atoms with Crippen LogP contribution in [0.3, 0.4) is 0 Å². The molecule has 0 aliphatic rings. The molecule has 0 saturated carbocycles. The van der Waals surface area contributed by atoms with Crippen LogP contribution in [0.15, 0.2) is 47.7 Å². The Morgan fingerprint density at radius 1 is 1.27 bits per heavy atom. The molecular formula is C15H20IN5O. The number of rotatable bonds is 6. The first kappa shape index (κ1) is 18.1. The van der Waals surface area contributed by atoms with Crippen molar-refractivity contribution < 1.29 is 4.74 Å². The van der Waals surface area contributed by atoms with E-state index in [0.717, 1.165) is 17.7 Å². The number of hydrogen-bond acceptors (Lipinski definition) is 4. The summed E-state index contributed by atoms with van der Waals surface area (Å²) in [5.41, 5.74) is 7.82. The second-order valence-electron chi connectivity index (χ2n) is 4.41. The van der Waals surface area contributed by atoms with E-state index in [1.807, 2.05) is 24.3 Å². The maximum Gasteiger partial charge on any atom is 0.212 e. The minimum atomic E-state index is 0. The summed E-state index contributed by atoms with van der Waals surface area (Å²) in [6.07, 6.45) is 4.31. The van der Waals surface area contributed by atoms with E-state index in [4.69, 9.17) is 10.5 Å². The molecule has 2 rings (SSSR count). The maximum absolute atomic E-state index is 5.82. The molecule has 6 nitrogen and oxygen atoms in total. The summed E-state index contributed by atoms with van der Waals surface area (Å²) in [7, 11) is 1.59. The Balaban J connectivity index is 0.00000242. The zero-order valence-electron chi connectivity index (χ0n) is 12.4. The zero-order chi connectivity index (χ0) is 14.9. The summed E-state index contributed by atoms with van der Waals surface area (Å²) in [5, 5.41) is 3.07. The van der Waals surface area contributed by atoms with Gasteiger partial charge in [0.15, 0.2) is 5.96 Å². The van der Waals surface area contributed by atoms with Gasteiger partial charge in [0.1, 0.15) is 0 Å². The number of aliphatic imine (C=N–C) groups is 1. The third-order valence-electron chi connectivity index (χ3n) is 2.85. The molecule has 0 radical (unpaired) electrons. The number of halogens is 1. The summed E-state index contributed by atoms with van der Waals surface area (Å²) in [6.45, 7) is 1.19. The fourth-order valence-corrected chi connectivity index (χ4v) is 1.72. The van der Waals surface area contributed by atoms with Crippen molar-refractivity contribution in [3.05, 3.63) is 54.0 Å². The molecule has 0 bridgehead atoms. The highest BCUT2D eigenvalue weighted by Gasteiger charge is 1.97. The van der Waals surface area contributed by atoms with Crippen molar-refractivity contribution in [3.8, 4) is 5.88 Å². The predicted octanol–water partition coefficient (Wildman–Crippen LogP) is 1.75. The van der Waals surface area contributed by atoms with Gasteiger partial charge in [-0.15, -0.1) is 24.0 Å². The quantitative estimate of drug-likeness (QED) is 0.428. The van der Waals surface area contributed by atoms with Crippen molar-refractivity contribution >= 4 is 29.9 Å². The molecule has 0 fully saturated rings. The Labute approximate surface area is 147 Å². The third kappa shape index (κ3) is 6.25. The van der Waals surface area contributed by atoms with Crippen LogP contribution in [0, 0.1) is 0 Å². The number of ether oxygens (including phenoxy) is 1. The van der Waals surface area contributed by atoms with Gasteiger partial charge in [-0.1, -0.05) is 12.1 Å². The van der Waals surface area contributed by atoms with E-state index in [0.29, 0.717) is 24.9 Å². The minimum Gasteiger partial charge on any atom is -0.481 e. The Bertz CT molecular complexity index is 574. The van der Waals surface area contributed by atoms with E-state index in [1.54, 1.807) is 25.6 Å². The first-order chi connectivity index (χ1) is 10.3. The number of guanidine groups is 1. The summed E-state index contributed by atoms with van der Waals surface area (Å²) in [4.78, 5) is 12.6. The van der Waals surface area contributed by atoms with E-state index in [-0.39, 0.29) is 24.0 Å². The average Bonchev–Trinajstić information content (AvgIpc) is 2.54. The number of nitrogens with one attached hydrogen (secondary N) is 1. The van der Waals surface area contributed by atoms with Crippen molar-refractivity contribution in [1.82, 2.24) is 15.3 Å². The Morgan fingerprint density at radius 3 is 2.77 bits per heavy atom. The van der Waals surface area contributed by atoms with Gasteiger partial charge < -0.3 is 15.8 Å². The lowest BCUT2D eigenvalue weighted by atomic mass is 10.3. The molecule has 0 spiro atoms. The predicted molar refractivity (Wildman–Crippen MR) is 97.5 cm³/mol. The molecule has 0 amide bonds. The van der Waals surface area contributed by atoms with Crippen molar-refractivity contribution in [2.75, 3.05) is 13.7 Å². The minimum absolute atomic E-state index is 0. The van der Waals surface area contributed by atoms with Crippen LogP contribution in [0.2, 0.25) is 0 Å². The van der Waals surface area contributed by atoms with Gasteiger partial charge in [0.25, 0.3) is 0 Å². The van der Waals surface area contributed by atoms with Crippen LogP contribution < -0.4 is 15.8 Å². The molecule has 22 heavy (non-hydrogen) atoms. The van der Waals surface area contributed by atoms with Crippen LogP contribution in [-0.4, -0.2) is 29.6 Å². The van der Waals surface area contributed by atoms with Crippen LogP contribution in [0.1, 0.15) is 11.3 Å². The molecule has 2 heterocycles. The highest BCUT2D eigenvalue weighted by molar-refractivity contribution is 14.0. The fourth-order valence-electron chi connectivity index (χ4n) is 1.72. The number of methoxy groups -OCH3 is 1. The Kier molecular flexibility index (Phi) is 8.19. The lowest BCUT2D eigenvalue weighted by molar-refractivity contribution is 0.397. The first-order valence-electron chi connectivity index (χ1n) is 6.70. The molecule has 2 aromatic rings. The first-order valence-corrected chi connectivity index (χ1v) is 6.70. The second kappa shape index (κ2) is 9.93. The number of nitrogens with two attached hydrogens (primary N) is 1. The van der Waals surface area contributed by atoms with Crippen molar-refractivity contribution in [1.29, 1.82) is 0 Å². The number of nitrogens with zero attached hydrogens (tertiary/aromatic N) is 3. The third-order valence-corrected chi connectivity index (χ3v) is 2.85. The SMILES string of the molecule is COc1ccc(CN=C(N)NCCc2ccccn2)cn1.I. The van der Waals surface area contributed by atoms with Gasteiger partial charge in [-0.25, -0.2) is 9.98 Å². The Hall–Kier alpha value is -1.90. The van der Waals surface area contributed by atoms with Crippen LogP contribution in [0.4, 0.5) is 0 Å². The van der Waals surface area contributed by atoms with Crippen LogP contribution >= 0.6 is 24.0 Å². The van der Waals surface area contributed by atoms with Crippen LogP contribution in [-0.2, 0) is 13.0 Å². The highest BCUT2D eigenvalue weighted by Crippen LogP contribution is 2.07. The number of pyridine rings is 2. The standard InChI is InChI=1S/C15H19N5O.HI/c1-21-14-6-5-12(10-19-14)11-20-15(16)18-9-7-13-4-2-3-8-17-13;/h2-6,8,10H,7,9,11H2,1H3,(H3,16,18,20);1H. The highest BCUT2D eigenvalue weighted by atomic mass is 127. The molecule has 2 aromatic heterocycles. The van der Waals surface area contributed by atoms with Gasteiger partial charge in [-0.3, -0.25) is 4.98 Å². The number of aromatic nitrogens is 2. The van der Waals surface area contributed by atoms with Gasteiger partial charge in [0.2, 0.25) is 5.88 Å². The summed E-state index contributed by atoms with van der Waals surface area (Å²) in [6, 6.07) is 9.57. The van der Waals surface area contributed by atoms with Crippen molar-refractivity contribution in [3.63, 3.8) is 0 Å². The topological polar surface area (TPSA) is 85.4 Å². The normalized spacial score (nSPS) is 10.7. The van der Waals surface area contributed by atoms with E-state index in [2.05, 4.69) is 20.3 Å². The smallest absolute Gasteiger partial charge is 0.212 e. The van der Waals surface area contributed by atoms with Gasteiger partial charge in [-0.2, -0.15) is 0 Å². The molecular weight excluding hydrogens is 393 g/mol. The molecule has 0 aromatic carbocycles. The number of hydrogen-bond donors (Lipinski definition) is 2. The molecule has 0 aliphatic heterocycles. The maximum atomic E-state index is 5.82. The van der Waals surface area contributed by atoms with Gasteiger partial charge >= 0.3 is 0 Å². The monoisotopic (exact) mass is 413 g/mol. The summed E-state index contributed by atoms with van der Waals surface area (Å²) in [5.74, 6) is 1.01. The van der Waals surface area contributed by atoms with Gasteiger partial charge in [0, 0.05) is 37.1 Å². The molecule has 7 heteroatoms. The fraction of sp³-hybridized carbons (Fsp3) is 0.267. The van der Waals surface area contributed by atoms with Crippen LogP contribution in [0.5, 0.6) is 5.88 Å². The lowest BCUT2D eigenvalue weighted by Gasteiger charge is -2.05. The molecule has 118 valence electrons. The molecule has 0 saturated heterocycles. The van der Waals surface area contributed by atoms with Gasteiger partial charge in [0.05, 0.1) is 13.7 Å². The largest absolute Gasteiger partial charge is 0.481 e. The molecule has 0 atom stereocenters. The van der Waals surface area contributed by atoms with E-state index in [9.17, 15) is 0 Å². The van der Waals surface area contributed by atoms with Crippen molar-refractivity contribution in [2.24, 2.45) is 10.7 Å². The molecule has 3 N–H and O–H groups in total. The Morgan fingerprint density at radius 2 is 2.14 bits per heavy atom. The lowest BCUT2D eigenvalue weighted by Crippen LogP contribution is -2.33.